The van der Waals surface area contributed by atoms with E-state index in [0.717, 1.165) is 10.9 Å². The van der Waals surface area contributed by atoms with E-state index >= 15 is 0 Å². The first-order valence-corrected chi connectivity index (χ1v) is 10.9. The molecule has 1 unspecified atom stereocenters. The van der Waals surface area contributed by atoms with Gasteiger partial charge in [-0.2, -0.15) is 0 Å². The first-order valence-electron chi connectivity index (χ1n) is 10.1. The molecule has 0 N–H and O–H groups in total. The molecule has 0 saturated carbocycles. The second-order valence-electron chi connectivity index (χ2n) is 8.96. The lowest BCUT2D eigenvalue weighted by molar-refractivity contribution is 0.385. The lowest BCUT2D eigenvalue weighted by atomic mass is 9.68. The predicted octanol–water partition coefficient (Wildman–Crippen LogP) is 8.08. The Balaban J connectivity index is 1.65. The molecule has 0 radical (unpaired) electrons. The first-order chi connectivity index (χ1) is 13.4. The van der Waals surface area contributed by atoms with E-state index in [1.54, 1.807) is 5.57 Å². The van der Waals surface area contributed by atoms with Crippen LogP contribution in [0.4, 0.5) is 0 Å². The number of rotatable bonds is 2. The summed E-state index contributed by atoms with van der Waals surface area (Å²) in [6, 6.07) is 17.9. The van der Waals surface area contributed by atoms with E-state index in [4.69, 9.17) is 0 Å². The molecular formula is C27H25Br. The zero-order valence-corrected chi connectivity index (χ0v) is 18.5. The molecule has 2 aliphatic rings. The summed E-state index contributed by atoms with van der Waals surface area (Å²) in [6.07, 6.45) is 5.94. The average Bonchev–Trinajstić information content (AvgIpc) is 3.23. The van der Waals surface area contributed by atoms with Crippen LogP contribution in [0.5, 0.6) is 0 Å². The number of benzene rings is 3. The van der Waals surface area contributed by atoms with Crippen LogP contribution in [0.1, 0.15) is 54.5 Å². The van der Waals surface area contributed by atoms with Crippen molar-refractivity contribution < 1.29 is 0 Å². The molecule has 0 aliphatic heterocycles. The lowest BCUT2D eigenvalue weighted by Crippen LogP contribution is -2.24. The Labute approximate surface area is 176 Å². The van der Waals surface area contributed by atoms with Crippen LogP contribution in [-0.2, 0) is 6.42 Å². The molecule has 0 bridgehead atoms. The molecule has 3 aromatic carbocycles. The van der Waals surface area contributed by atoms with Crippen molar-refractivity contribution >= 4 is 38.9 Å². The van der Waals surface area contributed by atoms with Crippen LogP contribution in [-0.4, -0.2) is 0 Å². The maximum absolute atomic E-state index is 3.65. The molecule has 140 valence electrons. The Bertz CT molecular complexity index is 1190. The summed E-state index contributed by atoms with van der Waals surface area (Å²) in [6.45, 7) is 9.46. The van der Waals surface area contributed by atoms with Crippen LogP contribution in [0.25, 0.3) is 22.9 Å². The summed E-state index contributed by atoms with van der Waals surface area (Å²) in [5.41, 5.74) is 10.3. The van der Waals surface area contributed by atoms with Gasteiger partial charge in [-0.25, -0.2) is 0 Å². The highest BCUT2D eigenvalue weighted by atomic mass is 79.9. The van der Waals surface area contributed by atoms with Crippen LogP contribution < -0.4 is 0 Å². The van der Waals surface area contributed by atoms with Crippen LogP contribution in [0.15, 0.2) is 64.1 Å². The maximum Gasteiger partial charge on any atom is 0.0181 e. The molecule has 0 aromatic heterocycles. The van der Waals surface area contributed by atoms with Gasteiger partial charge in [-0.1, -0.05) is 83.4 Å². The Morgan fingerprint density at radius 3 is 2.54 bits per heavy atom. The van der Waals surface area contributed by atoms with Gasteiger partial charge >= 0.3 is 0 Å². The van der Waals surface area contributed by atoms with Gasteiger partial charge in [-0.15, -0.1) is 0 Å². The molecule has 2 aliphatic carbocycles. The summed E-state index contributed by atoms with van der Waals surface area (Å²) in [5.74, 6) is 0.421. The minimum Gasteiger partial charge on any atom is -0.0643 e. The third-order valence-corrected chi connectivity index (χ3v) is 7.39. The summed E-state index contributed by atoms with van der Waals surface area (Å²) >= 11 is 3.65. The lowest BCUT2D eigenvalue weighted by Gasteiger charge is -2.36. The minimum atomic E-state index is 0.0803. The quantitative estimate of drug-likeness (QED) is 0.386. The number of hydrogen-bond acceptors (Lipinski definition) is 0. The maximum atomic E-state index is 3.65. The van der Waals surface area contributed by atoms with Crippen LogP contribution in [0.3, 0.4) is 0 Å². The normalized spacial score (nSPS) is 18.1. The Kier molecular flexibility index (Phi) is 3.97. The van der Waals surface area contributed by atoms with Crippen molar-refractivity contribution in [3.05, 3.63) is 92.0 Å². The van der Waals surface area contributed by atoms with Gasteiger partial charge in [0.2, 0.25) is 0 Å². The molecule has 1 atom stereocenters. The second-order valence-corrected chi connectivity index (χ2v) is 9.87. The fraction of sp³-hybridized carbons (Fsp3) is 0.259. The van der Waals surface area contributed by atoms with Crippen LogP contribution >= 0.6 is 15.9 Å². The Morgan fingerprint density at radius 2 is 1.75 bits per heavy atom. The zero-order valence-electron chi connectivity index (χ0n) is 16.9. The third-order valence-electron chi connectivity index (χ3n) is 6.90. The largest absolute Gasteiger partial charge is 0.0643 e. The van der Waals surface area contributed by atoms with Gasteiger partial charge in [0.25, 0.3) is 0 Å². The molecular weight excluding hydrogens is 404 g/mol. The number of allylic oxidation sites excluding steroid dienone is 2. The van der Waals surface area contributed by atoms with Gasteiger partial charge in [0.15, 0.2) is 0 Å². The number of halogens is 1. The summed E-state index contributed by atoms with van der Waals surface area (Å²) in [7, 11) is 0. The molecule has 5 rings (SSSR count). The molecule has 28 heavy (non-hydrogen) atoms. The average molecular weight is 429 g/mol. The molecule has 0 heterocycles. The predicted molar refractivity (Wildman–Crippen MR) is 125 cm³/mol. The highest BCUT2D eigenvalue weighted by Crippen LogP contribution is 2.54. The van der Waals surface area contributed by atoms with E-state index < -0.39 is 0 Å². The highest BCUT2D eigenvalue weighted by Gasteiger charge is 2.40. The molecule has 3 aromatic rings. The number of hydrogen-bond donors (Lipinski definition) is 0. The van der Waals surface area contributed by atoms with Gasteiger partial charge in [-0.3, -0.25) is 0 Å². The van der Waals surface area contributed by atoms with Gasteiger partial charge in [0.1, 0.15) is 0 Å². The van der Waals surface area contributed by atoms with Gasteiger partial charge in [0.05, 0.1) is 0 Å². The molecule has 0 saturated heterocycles. The van der Waals surface area contributed by atoms with Crippen molar-refractivity contribution in [3.63, 3.8) is 0 Å². The molecule has 0 spiro atoms. The minimum absolute atomic E-state index is 0.0803. The van der Waals surface area contributed by atoms with E-state index in [9.17, 15) is 0 Å². The summed E-state index contributed by atoms with van der Waals surface area (Å²) in [5, 5.41) is 2.69. The number of aryl methyl sites for hydroxylation is 1. The fourth-order valence-corrected chi connectivity index (χ4v) is 5.80. The molecule has 1 heteroatoms. The van der Waals surface area contributed by atoms with E-state index in [0.29, 0.717) is 5.92 Å². The highest BCUT2D eigenvalue weighted by molar-refractivity contribution is 9.10. The monoisotopic (exact) mass is 428 g/mol. The van der Waals surface area contributed by atoms with Crippen molar-refractivity contribution in [1.29, 1.82) is 0 Å². The molecule has 0 nitrogen and oxygen atoms in total. The van der Waals surface area contributed by atoms with E-state index in [-0.39, 0.29) is 5.41 Å². The standard InChI is InChI=1S/C27H25Br/c1-16-11-24-17(2)23-10-9-22(28)14-20(23)15-25(24)26(16)27(3,4)21-12-18-7-5-6-8-19(18)13-21/h5-12,14-15,26H,13H2,1-4H3. The second kappa shape index (κ2) is 6.19. The van der Waals surface area contributed by atoms with Gasteiger partial charge in [-0.05, 0) is 82.5 Å². The van der Waals surface area contributed by atoms with E-state index in [1.807, 2.05) is 0 Å². The van der Waals surface area contributed by atoms with Crippen molar-refractivity contribution in [2.75, 3.05) is 0 Å². The van der Waals surface area contributed by atoms with Crippen molar-refractivity contribution in [2.45, 2.75) is 40.0 Å². The molecule has 0 fully saturated rings. The topological polar surface area (TPSA) is 0 Å². The SMILES string of the molecule is CC1=Cc2c(cc3cc(Br)ccc3c2C)C1C(C)(C)C1=Cc2ccccc2C1. The van der Waals surface area contributed by atoms with E-state index in [1.165, 1.54) is 44.2 Å². The third kappa shape index (κ3) is 2.56. The first kappa shape index (κ1) is 17.9. The van der Waals surface area contributed by atoms with Crippen LogP contribution in [0.2, 0.25) is 0 Å². The van der Waals surface area contributed by atoms with Crippen molar-refractivity contribution in [1.82, 2.24) is 0 Å². The summed E-state index contributed by atoms with van der Waals surface area (Å²) < 4.78 is 1.15. The summed E-state index contributed by atoms with van der Waals surface area (Å²) in [4.78, 5) is 0. The Hall–Kier alpha value is -2.12. The zero-order chi connectivity index (χ0) is 19.6. The Morgan fingerprint density at radius 1 is 0.964 bits per heavy atom. The molecule has 0 amide bonds. The smallest absolute Gasteiger partial charge is 0.0181 e. The van der Waals surface area contributed by atoms with E-state index in [2.05, 4.69) is 104 Å². The number of fused-ring (bicyclic) bond motifs is 3. The van der Waals surface area contributed by atoms with Gasteiger partial charge in [0, 0.05) is 10.4 Å². The van der Waals surface area contributed by atoms with Crippen LogP contribution in [0, 0.1) is 12.3 Å². The van der Waals surface area contributed by atoms with Gasteiger partial charge < -0.3 is 0 Å². The van der Waals surface area contributed by atoms with Crippen molar-refractivity contribution in [3.8, 4) is 0 Å². The van der Waals surface area contributed by atoms with Crippen molar-refractivity contribution in [2.24, 2.45) is 5.41 Å². The fourth-order valence-electron chi connectivity index (χ4n) is 5.43.